The summed E-state index contributed by atoms with van der Waals surface area (Å²) in [6, 6.07) is 0.769. The minimum Gasteiger partial charge on any atom is -0.315 e. The van der Waals surface area contributed by atoms with E-state index in [9.17, 15) is 0 Å². The molecule has 0 amide bonds. The minimum atomic E-state index is 0.336. The largest absolute Gasteiger partial charge is 0.315 e. The van der Waals surface area contributed by atoms with Crippen molar-refractivity contribution in [2.75, 3.05) is 39.3 Å². The van der Waals surface area contributed by atoms with E-state index in [0.717, 1.165) is 12.0 Å². The van der Waals surface area contributed by atoms with Crippen LogP contribution in [0.2, 0.25) is 0 Å². The van der Waals surface area contributed by atoms with Crippen molar-refractivity contribution in [3.05, 3.63) is 0 Å². The second-order valence-electron chi connectivity index (χ2n) is 6.73. The molecule has 0 aromatic heterocycles. The van der Waals surface area contributed by atoms with Gasteiger partial charge >= 0.3 is 0 Å². The third-order valence-electron chi connectivity index (χ3n) is 4.52. The molecule has 2 aliphatic rings. The van der Waals surface area contributed by atoms with Crippen LogP contribution in [0.3, 0.4) is 0 Å². The number of piperazine rings is 1. The Bertz CT molecular complexity index is 238. The van der Waals surface area contributed by atoms with Gasteiger partial charge in [0.1, 0.15) is 0 Å². The quantitative estimate of drug-likeness (QED) is 0.746. The van der Waals surface area contributed by atoms with Crippen LogP contribution in [0.25, 0.3) is 0 Å². The number of nitrogens with zero attached hydrogens (tertiary/aromatic N) is 2. The van der Waals surface area contributed by atoms with Crippen molar-refractivity contribution in [1.29, 1.82) is 0 Å². The van der Waals surface area contributed by atoms with Gasteiger partial charge < -0.3 is 5.32 Å². The standard InChI is InChI=1S/C14H29N3/c1-12-5-6-15-11-13(12)16-7-9-17(10-8-16)14(2,3)4/h12-13,15H,5-11H2,1-4H3. The Labute approximate surface area is 107 Å². The molecule has 2 heterocycles. The van der Waals surface area contributed by atoms with E-state index in [4.69, 9.17) is 0 Å². The topological polar surface area (TPSA) is 18.5 Å². The van der Waals surface area contributed by atoms with Crippen LogP contribution in [-0.2, 0) is 0 Å². The van der Waals surface area contributed by atoms with Gasteiger partial charge in [-0.05, 0) is 39.7 Å². The van der Waals surface area contributed by atoms with Crippen molar-refractivity contribution in [3.8, 4) is 0 Å². The van der Waals surface area contributed by atoms with Crippen molar-refractivity contribution in [3.63, 3.8) is 0 Å². The highest BCUT2D eigenvalue weighted by Gasteiger charge is 2.32. The van der Waals surface area contributed by atoms with E-state index in [2.05, 4.69) is 42.8 Å². The molecule has 2 atom stereocenters. The average molecular weight is 239 g/mol. The Balaban J connectivity index is 1.86. The summed E-state index contributed by atoms with van der Waals surface area (Å²) in [7, 11) is 0. The van der Waals surface area contributed by atoms with Crippen LogP contribution < -0.4 is 5.32 Å². The lowest BCUT2D eigenvalue weighted by atomic mass is 9.92. The van der Waals surface area contributed by atoms with E-state index < -0.39 is 0 Å². The Morgan fingerprint density at radius 1 is 1.06 bits per heavy atom. The Hall–Kier alpha value is -0.120. The van der Waals surface area contributed by atoms with Gasteiger partial charge in [0.15, 0.2) is 0 Å². The van der Waals surface area contributed by atoms with Gasteiger partial charge in [-0.2, -0.15) is 0 Å². The number of nitrogens with one attached hydrogen (secondary N) is 1. The Morgan fingerprint density at radius 2 is 1.71 bits per heavy atom. The first-order valence-electron chi connectivity index (χ1n) is 7.18. The zero-order chi connectivity index (χ0) is 12.5. The molecule has 2 aliphatic heterocycles. The summed E-state index contributed by atoms with van der Waals surface area (Å²) in [5.74, 6) is 0.859. The molecule has 0 aromatic rings. The highest BCUT2D eigenvalue weighted by atomic mass is 15.3. The molecule has 0 spiro atoms. The lowest BCUT2D eigenvalue weighted by Gasteiger charge is -2.47. The van der Waals surface area contributed by atoms with Crippen molar-refractivity contribution in [2.24, 2.45) is 5.92 Å². The van der Waals surface area contributed by atoms with Crippen molar-refractivity contribution in [2.45, 2.75) is 45.7 Å². The fourth-order valence-corrected chi connectivity index (χ4v) is 3.19. The number of hydrogen-bond acceptors (Lipinski definition) is 3. The molecular formula is C14H29N3. The van der Waals surface area contributed by atoms with Crippen molar-refractivity contribution < 1.29 is 0 Å². The second-order valence-corrected chi connectivity index (χ2v) is 6.73. The van der Waals surface area contributed by atoms with E-state index in [-0.39, 0.29) is 0 Å². The molecule has 2 rings (SSSR count). The van der Waals surface area contributed by atoms with E-state index in [1.165, 1.54) is 45.7 Å². The highest BCUT2D eigenvalue weighted by Crippen LogP contribution is 2.22. The van der Waals surface area contributed by atoms with Crippen LogP contribution >= 0.6 is 0 Å². The predicted molar refractivity (Wildman–Crippen MR) is 73.3 cm³/mol. The molecule has 3 nitrogen and oxygen atoms in total. The Kier molecular flexibility index (Phi) is 4.11. The molecule has 3 heteroatoms. The molecule has 2 unspecified atom stereocenters. The molecule has 0 aromatic carbocycles. The predicted octanol–water partition coefficient (Wildman–Crippen LogP) is 1.40. The fourth-order valence-electron chi connectivity index (χ4n) is 3.19. The summed E-state index contributed by atoms with van der Waals surface area (Å²) >= 11 is 0. The van der Waals surface area contributed by atoms with Crippen LogP contribution in [-0.4, -0.2) is 60.6 Å². The van der Waals surface area contributed by atoms with Gasteiger partial charge in [-0.15, -0.1) is 0 Å². The summed E-state index contributed by atoms with van der Waals surface area (Å²) in [5, 5.41) is 3.55. The van der Waals surface area contributed by atoms with Gasteiger partial charge in [-0.3, -0.25) is 9.80 Å². The molecule has 0 saturated carbocycles. The molecule has 0 aliphatic carbocycles. The van der Waals surface area contributed by atoms with Crippen LogP contribution in [0.5, 0.6) is 0 Å². The van der Waals surface area contributed by atoms with E-state index in [1.54, 1.807) is 0 Å². The van der Waals surface area contributed by atoms with Gasteiger partial charge in [0.25, 0.3) is 0 Å². The minimum absolute atomic E-state index is 0.336. The lowest BCUT2D eigenvalue weighted by Crippen LogP contribution is -2.59. The lowest BCUT2D eigenvalue weighted by molar-refractivity contribution is 0.0230. The van der Waals surface area contributed by atoms with Crippen LogP contribution in [0, 0.1) is 5.92 Å². The zero-order valence-corrected chi connectivity index (χ0v) is 12.0. The fraction of sp³-hybridized carbons (Fsp3) is 1.00. The summed E-state index contributed by atoms with van der Waals surface area (Å²) in [5.41, 5.74) is 0.336. The first-order chi connectivity index (χ1) is 7.98. The first-order valence-corrected chi connectivity index (χ1v) is 7.18. The molecular weight excluding hydrogens is 210 g/mol. The van der Waals surface area contributed by atoms with Gasteiger partial charge in [0.2, 0.25) is 0 Å². The summed E-state index contributed by atoms with van der Waals surface area (Å²) in [4.78, 5) is 5.32. The zero-order valence-electron chi connectivity index (χ0n) is 12.0. The smallest absolute Gasteiger partial charge is 0.0247 e. The van der Waals surface area contributed by atoms with Gasteiger partial charge in [0.05, 0.1) is 0 Å². The monoisotopic (exact) mass is 239 g/mol. The normalized spacial score (nSPS) is 33.9. The first kappa shape index (κ1) is 13.3. The third-order valence-corrected chi connectivity index (χ3v) is 4.52. The van der Waals surface area contributed by atoms with E-state index >= 15 is 0 Å². The summed E-state index contributed by atoms with van der Waals surface area (Å²) in [6.45, 7) is 16.7. The number of rotatable bonds is 1. The van der Waals surface area contributed by atoms with Crippen LogP contribution in [0.4, 0.5) is 0 Å². The van der Waals surface area contributed by atoms with Crippen molar-refractivity contribution in [1.82, 2.24) is 15.1 Å². The summed E-state index contributed by atoms with van der Waals surface area (Å²) in [6.07, 6.45) is 1.34. The van der Waals surface area contributed by atoms with E-state index in [1.807, 2.05) is 0 Å². The third kappa shape index (κ3) is 3.21. The number of hydrogen-bond donors (Lipinski definition) is 1. The molecule has 2 fully saturated rings. The van der Waals surface area contributed by atoms with Crippen LogP contribution in [0.1, 0.15) is 34.1 Å². The average Bonchev–Trinajstić information content (AvgIpc) is 2.29. The molecule has 17 heavy (non-hydrogen) atoms. The maximum Gasteiger partial charge on any atom is 0.0247 e. The van der Waals surface area contributed by atoms with Gasteiger partial charge in [0, 0.05) is 44.3 Å². The van der Waals surface area contributed by atoms with Gasteiger partial charge in [-0.1, -0.05) is 6.92 Å². The van der Waals surface area contributed by atoms with Crippen LogP contribution in [0.15, 0.2) is 0 Å². The molecule has 0 radical (unpaired) electrons. The van der Waals surface area contributed by atoms with Gasteiger partial charge in [-0.25, -0.2) is 0 Å². The Morgan fingerprint density at radius 3 is 2.24 bits per heavy atom. The van der Waals surface area contributed by atoms with Crippen molar-refractivity contribution >= 4 is 0 Å². The molecule has 1 N–H and O–H groups in total. The molecule has 0 bridgehead atoms. The van der Waals surface area contributed by atoms with E-state index in [0.29, 0.717) is 5.54 Å². The highest BCUT2D eigenvalue weighted by molar-refractivity contribution is 4.89. The second kappa shape index (κ2) is 5.25. The molecule has 2 saturated heterocycles. The maximum atomic E-state index is 3.55. The maximum absolute atomic E-state index is 3.55. The SMILES string of the molecule is CC1CCNCC1N1CCN(C(C)(C)C)CC1. The summed E-state index contributed by atoms with van der Waals surface area (Å²) < 4.78 is 0. The molecule has 100 valence electrons. The number of piperidine rings is 1.